The number of likely N-dealkylation sites (tertiary alicyclic amines) is 2. The normalized spacial score (nSPS) is 28.1. The van der Waals surface area contributed by atoms with Crippen LogP contribution in [0.1, 0.15) is 66.2 Å². The van der Waals surface area contributed by atoms with Crippen molar-refractivity contribution < 1.29 is 9.59 Å². The van der Waals surface area contributed by atoms with Crippen molar-refractivity contribution in [3.63, 3.8) is 0 Å². The topological polar surface area (TPSA) is 64.7 Å². The first-order valence-electron chi connectivity index (χ1n) is 11.4. The van der Waals surface area contributed by atoms with Crippen LogP contribution in [0.5, 0.6) is 0 Å². The van der Waals surface area contributed by atoms with E-state index in [0.29, 0.717) is 23.7 Å². The van der Waals surface area contributed by atoms with E-state index in [1.54, 1.807) is 0 Å². The van der Waals surface area contributed by atoms with Crippen LogP contribution in [-0.4, -0.2) is 61.1 Å². The number of rotatable bonds is 7. The SMILES string of the molecule is C[C@@H]1C[C@@H](C)CN(C(=O)NCCCCCCNC(=O)N2C[C@H](C)C[C@@H](C)C2)C1. The van der Waals surface area contributed by atoms with E-state index in [4.69, 9.17) is 0 Å². The Morgan fingerprint density at radius 2 is 0.964 bits per heavy atom. The minimum Gasteiger partial charge on any atom is -0.338 e. The summed E-state index contributed by atoms with van der Waals surface area (Å²) in [5.41, 5.74) is 0. The third kappa shape index (κ3) is 7.88. The first-order valence-corrected chi connectivity index (χ1v) is 11.4. The fraction of sp³-hybridized carbons (Fsp3) is 0.909. The Bertz CT molecular complexity index is 435. The molecule has 4 atom stereocenters. The zero-order valence-electron chi connectivity index (χ0n) is 18.5. The highest BCUT2D eigenvalue weighted by atomic mass is 16.2. The van der Waals surface area contributed by atoms with Gasteiger partial charge >= 0.3 is 12.1 Å². The van der Waals surface area contributed by atoms with Crippen molar-refractivity contribution in [2.45, 2.75) is 66.2 Å². The van der Waals surface area contributed by atoms with Crippen LogP contribution >= 0.6 is 0 Å². The summed E-state index contributed by atoms with van der Waals surface area (Å²) in [4.78, 5) is 28.5. The summed E-state index contributed by atoms with van der Waals surface area (Å²) < 4.78 is 0. The lowest BCUT2D eigenvalue weighted by atomic mass is 9.92. The van der Waals surface area contributed by atoms with Crippen LogP contribution in [-0.2, 0) is 0 Å². The van der Waals surface area contributed by atoms with Gasteiger partial charge in [-0.2, -0.15) is 0 Å². The van der Waals surface area contributed by atoms with Gasteiger partial charge in [-0.1, -0.05) is 40.5 Å². The molecule has 2 rings (SSSR count). The van der Waals surface area contributed by atoms with Crippen LogP contribution in [0.15, 0.2) is 0 Å². The van der Waals surface area contributed by atoms with Gasteiger partial charge in [0, 0.05) is 39.3 Å². The molecule has 0 spiro atoms. The van der Waals surface area contributed by atoms with Crippen LogP contribution in [0.25, 0.3) is 0 Å². The van der Waals surface area contributed by atoms with E-state index >= 15 is 0 Å². The van der Waals surface area contributed by atoms with Crippen molar-refractivity contribution in [3.8, 4) is 0 Å². The Labute approximate surface area is 171 Å². The number of urea groups is 2. The molecule has 2 N–H and O–H groups in total. The maximum absolute atomic E-state index is 12.3. The van der Waals surface area contributed by atoms with Gasteiger partial charge in [0.15, 0.2) is 0 Å². The Morgan fingerprint density at radius 1 is 0.643 bits per heavy atom. The van der Waals surface area contributed by atoms with Gasteiger partial charge in [-0.15, -0.1) is 0 Å². The minimum atomic E-state index is 0.0932. The van der Waals surface area contributed by atoms with Gasteiger partial charge in [-0.25, -0.2) is 9.59 Å². The lowest BCUT2D eigenvalue weighted by molar-refractivity contribution is 0.145. The molecular weight excluding hydrogens is 352 g/mol. The molecule has 0 saturated carbocycles. The summed E-state index contributed by atoms with van der Waals surface area (Å²) in [6.07, 6.45) is 6.60. The molecule has 28 heavy (non-hydrogen) atoms. The monoisotopic (exact) mass is 394 g/mol. The third-order valence-corrected chi connectivity index (χ3v) is 5.97. The average Bonchev–Trinajstić information content (AvgIpc) is 2.61. The van der Waals surface area contributed by atoms with E-state index in [-0.39, 0.29) is 12.1 Å². The number of nitrogens with zero attached hydrogens (tertiary/aromatic N) is 2. The molecule has 0 bridgehead atoms. The molecule has 0 aromatic carbocycles. The Hall–Kier alpha value is -1.46. The number of amides is 4. The van der Waals surface area contributed by atoms with Crippen LogP contribution in [0.4, 0.5) is 9.59 Å². The third-order valence-electron chi connectivity index (χ3n) is 5.97. The second kappa shape index (κ2) is 11.5. The standard InChI is InChI=1S/C22H42N4O2/c1-17-11-18(2)14-25(13-17)21(27)23-9-7-5-6-8-10-24-22(28)26-15-19(3)12-20(4)16-26/h17-20H,5-16H2,1-4H3,(H,23,27)(H,24,28)/t17-,18-,19-,20-/m1/s1. The smallest absolute Gasteiger partial charge is 0.317 e. The first kappa shape index (κ1) is 22.8. The summed E-state index contributed by atoms with van der Waals surface area (Å²) in [5.74, 6) is 2.39. The molecular formula is C22H42N4O2. The minimum absolute atomic E-state index is 0.0932. The number of hydrogen-bond acceptors (Lipinski definition) is 2. The van der Waals surface area contributed by atoms with E-state index in [1.807, 2.05) is 9.80 Å². The van der Waals surface area contributed by atoms with E-state index in [1.165, 1.54) is 12.8 Å². The quantitative estimate of drug-likeness (QED) is 0.643. The molecule has 0 aromatic rings. The Morgan fingerprint density at radius 3 is 1.29 bits per heavy atom. The van der Waals surface area contributed by atoms with Gasteiger partial charge in [-0.3, -0.25) is 0 Å². The number of nitrogens with one attached hydrogen (secondary N) is 2. The molecule has 2 aliphatic rings. The summed E-state index contributed by atoms with van der Waals surface area (Å²) in [7, 11) is 0. The molecule has 0 radical (unpaired) electrons. The zero-order valence-corrected chi connectivity index (χ0v) is 18.5. The van der Waals surface area contributed by atoms with E-state index in [9.17, 15) is 9.59 Å². The second-order valence-electron chi connectivity index (χ2n) is 9.58. The van der Waals surface area contributed by atoms with Crippen molar-refractivity contribution in [3.05, 3.63) is 0 Å². The summed E-state index contributed by atoms with van der Waals surface area (Å²) in [6, 6.07) is 0.186. The Kier molecular flexibility index (Phi) is 9.39. The maximum Gasteiger partial charge on any atom is 0.317 e. The van der Waals surface area contributed by atoms with Crippen LogP contribution < -0.4 is 10.6 Å². The molecule has 6 heteroatoms. The number of hydrogen-bond donors (Lipinski definition) is 2. The van der Waals surface area contributed by atoms with Crippen LogP contribution in [0.3, 0.4) is 0 Å². The highest BCUT2D eigenvalue weighted by Crippen LogP contribution is 2.21. The molecule has 0 unspecified atom stereocenters. The number of carbonyl (C=O) groups excluding carboxylic acids is 2. The predicted molar refractivity (Wildman–Crippen MR) is 114 cm³/mol. The predicted octanol–water partition coefficient (Wildman–Crippen LogP) is 3.92. The average molecular weight is 395 g/mol. The Balaban J connectivity index is 1.47. The number of piperidine rings is 2. The zero-order chi connectivity index (χ0) is 20.5. The first-order chi connectivity index (χ1) is 13.3. The summed E-state index contributed by atoms with van der Waals surface area (Å²) >= 11 is 0. The van der Waals surface area contributed by atoms with Crippen molar-refractivity contribution >= 4 is 12.1 Å². The number of carbonyl (C=O) groups is 2. The highest BCUT2D eigenvalue weighted by Gasteiger charge is 2.26. The van der Waals surface area contributed by atoms with Crippen molar-refractivity contribution in [1.29, 1.82) is 0 Å². The second-order valence-corrected chi connectivity index (χ2v) is 9.58. The fourth-order valence-electron chi connectivity index (χ4n) is 4.88. The van der Waals surface area contributed by atoms with Crippen molar-refractivity contribution in [2.24, 2.45) is 23.7 Å². The molecule has 162 valence electrons. The molecule has 2 fully saturated rings. The molecule has 2 heterocycles. The van der Waals surface area contributed by atoms with Crippen molar-refractivity contribution in [1.82, 2.24) is 20.4 Å². The largest absolute Gasteiger partial charge is 0.338 e. The van der Waals surface area contributed by atoms with Gasteiger partial charge < -0.3 is 20.4 Å². The number of unbranched alkanes of at least 4 members (excludes halogenated alkanes) is 3. The van der Waals surface area contributed by atoms with Gasteiger partial charge in [0.05, 0.1) is 0 Å². The molecule has 0 aromatic heterocycles. The lowest BCUT2D eigenvalue weighted by Gasteiger charge is -2.35. The van der Waals surface area contributed by atoms with Crippen LogP contribution in [0.2, 0.25) is 0 Å². The lowest BCUT2D eigenvalue weighted by Crippen LogP contribution is -2.47. The van der Waals surface area contributed by atoms with Crippen LogP contribution in [0, 0.1) is 23.7 Å². The van der Waals surface area contributed by atoms with Gasteiger partial charge in [0.25, 0.3) is 0 Å². The molecule has 4 amide bonds. The summed E-state index contributed by atoms with van der Waals surface area (Å²) in [5, 5.41) is 6.13. The summed E-state index contributed by atoms with van der Waals surface area (Å²) in [6.45, 7) is 13.9. The van der Waals surface area contributed by atoms with Gasteiger partial charge in [0.2, 0.25) is 0 Å². The van der Waals surface area contributed by atoms with Gasteiger partial charge in [0.1, 0.15) is 0 Å². The van der Waals surface area contributed by atoms with E-state index < -0.39 is 0 Å². The molecule has 2 saturated heterocycles. The maximum atomic E-state index is 12.3. The fourth-order valence-corrected chi connectivity index (χ4v) is 4.88. The van der Waals surface area contributed by atoms with Gasteiger partial charge in [-0.05, 0) is 49.4 Å². The van der Waals surface area contributed by atoms with Crippen molar-refractivity contribution in [2.75, 3.05) is 39.3 Å². The molecule has 2 aliphatic heterocycles. The highest BCUT2D eigenvalue weighted by molar-refractivity contribution is 5.74. The van der Waals surface area contributed by atoms with E-state index in [0.717, 1.165) is 65.0 Å². The molecule has 6 nitrogen and oxygen atoms in total. The van der Waals surface area contributed by atoms with E-state index in [2.05, 4.69) is 38.3 Å². The molecule has 0 aliphatic carbocycles.